The van der Waals surface area contributed by atoms with Crippen LogP contribution in [-0.4, -0.2) is 92.6 Å². The third kappa shape index (κ3) is 8.20. The Labute approximate surface area is 287 Å². The number of aromatic amines is 1. The Morgan fingerprint density at radius 1 is 1.21 bits per heavy atom. The number of aliphatic hydroxyl groups is 1. The van der Waals surface area contributed by atoms with Gasteiger partial charge in [0.2, 0.25) is 0 Å². The van der Waals surface area contributed by atoms with Crippen molar-refractivity contribution in [2.75, 3.05) is 38.5 Å². The number of rotatable bonds is 8. The van der Waals surface area contributed by atoms with Crippen LogP contribution in [0.1, 0.15) is 90.5 Å². The molecule has 5 heterocycles. The normalized spacial score (nSPS) is 20.4. The molecule has 5 N–H and O–H groups in total. The molecule has 4 aliphatic rings. The van der Waals surface area contributed by atoms with E-state index in [0.717, 1.165) is 32.4 Å². The number of amides is 1. The molecule has 4 fully saturated rings. The summed E-state index contributed by atoms with van der Waals surface area (Å²) in [5.74, 6) is -0.362. The van der Waals surface area contributed by atoms with Crippen molar-refractivity contribution in [3.63, 3.8) is 0 Å². The second kappa shape index (κ2) is 16.3. The molecule has 2 unspecified atom stereocenters. The number of alkyl carbamates (subject to hydrolysis) is 1. The Morgan fingerprint density at radius 2 is 1.94 bits per heavy atom. The summed E-state index contributed by atoms with van der Waals surface area (Å²) < 4.78 is 21.1. The number of anilines is 1. The number of nitrogens with two attached hydrogens (primary N) is 1. The van der Waals surface area contributed by atoms with E-state index in [-0.39, 0.29) is 35.1 Å². The topological polar surface area (TPSA) is 145 Å². The van der Waals surface area contributed by atoms with Crippen molar-refractivity contribution in [2.24, 2.45) is 4.99 Å². The van der Waals surface area contributed by atoms with Gasteiger partial charge in [0.1, 0.15) is 17.8 Å². The fourth-order valence-corrected chi connectivity index (χ4v) is 7.27. The number of nitrogens with zero attached hydrogens (tertiary/aromatic N) is 5. The van der Waals surface area contributed by atoms with Crippen molar-refractivity contribution in [1.29, 1.82) is 0 Å². The Balaban J connectivity index is 0.000000840. The summed E-state index contributed by atoms with van der Waals surface area (Å²) in [4.78, 5) is 25.7. The van der Waals surface area contributed by atoms with Crippen molar-refractivity contribution in [3.05, 3.63) is 40.9 Å². The molecule has 11 nitrogen and oxygen atoms in total. The molecule has 0 spiro atoms. The number of aliphatic imine (C=N–C) groups is 1. The van der Waals surface area contributed by atoms with Gasteiger partial charge in [0.05, 0.1) is 35.6 Å². The highest BCUT2D eigenvalue weighted by Gasteiger charge is 2.43. The number of hydrogen-bond donors (Lipinski definition) is 4. The van der Waals surface area contributed by atoms with Crippen molar-refractivity contribution in [2.45, 2.75) is 103 Å². The first kappa shape index (κ1) is 35.8. The van der Waals surface area contributed by atoms with Gasteiger partial charge in [0.15, 0.2) is 5.82 Å². The average Bonchev–Trinajstić information content (AvgIpc) is 3.41. The van der Waals surface area contributed by atoms with Crippen molar-refractivity contribution < 1.29 is 19.0 Å². The summed E-state index contributed by atoms with van der Waals surface area (Å²) in [5, 5.41) is 22.0. The Morgan fingerprint density at radius 3 is 2.62 bits per heavy atom. The van der Waals surface area contributed by atoms with Gasteiger partial charge in [0.25, 0.3) is 0 Å². The minimum atomic E-state index is -1.01. The molecule has 3 aromatic rings. The van der Waals surface area contributed by atoms with Gasteiger partial charge in [-0.3, -0.25) is 15.0 Å². The van der Waals surface area contributed by atoms with E-state index in [2.05, 4.69) is 25.4 Å². The molecule has 3 saturated heterocycles. The van der Waals surface area contributed by atoms with Gasteiger partial charge in [-0.1, -0.05) is 44.7 Å². The standard InChI is InChI=1S/C30H38ClFN8O3.C3H6.C2H6/c1-2-43-29(42)36-19-6-12-39(17-19)28(37-24(41)5-9-30-7-3-10-40(30)11-4-8-30)22-15-34-27(25(32)26(22)33)20-13-18(31)14-23-21(20)16-35-38-23;1-2-3-1;1-2/h13-16,19,24,41H,2-12,17H2,1H3,(H2,33,34)(H,35,38)(H,36,42);1-3H2;1-2H3/b37-28+;;. The number of pyridine rings is 1. The number of amidine groups is 1. The minimum absolute atomic E-state index is 0.0417. The molecule has 1 aromatic carbocycles. The fraction of sp³-hybridized carbons (Fsp3) is 0.600. The Kier molecular flexibility index (Phi) is 12.1. The molecule has 7 rings (SSSR count). The highest BCUT2D eigenvalue weighted by Crippen LogP contribution is 2.42. The summed E-state index contributed by atoms with van der Waals surface area (Å²) in [5.41, 5.74) is 7.90. The van der Waals surface area contributed by atoms with Crippen LogP contribution in [0.4, 0.5) is 14.9 Å². The van der Waals surface area contributed by atoms with Crippen LogP contribution in [0.15, 0.2) is 29.5 Å². The number of likely N-dealkylation sites (tertiary alicyclic amines) is 1. The number of aromatic nitrogens is 3. The SMILES string of the molecule is C1CC1.CC.CCOC(=O)NC1CCN(/C(=N/C(O)CCC23CCCN2CCC3)c2cnc(-c3cc(Cl)cc4[nH]ncc34)c(F)c2N)C1. The lowest BCUT2D eigenvalue weighted by molar-refractivity contribution is 0.122. The van der Waals surface area contributed by atoms with Crippen LogP contribution in [0.25, 0.3) is 22.2 Å². The quantitative estimate of drug-likeness (QED) is 0.156. The number of benzene rings is 1. The maximum absolute atomic E-state index is 16.1. The van der Waals surface area contributed by atoms with E-state index in [1.807, 2.05) is 18.7 Å². The number of halogens is 2. The zero-order valence-electron chi connectivity index (χ0n) is 28.4. The molecule has 1 amide bonds. The van der Waals surface area contributed by atoms with E-state index in [1.54, 1.807) is 25.3 Å². The molecule has 2 atom stereocenters. The van der Waals surface area contributed by atoms with Crippen molar-refractivity contribution in [3.8, 4) is 11.3 Å². The summed E-state index contributed by atoms with van der Waals surface area (Å²) in [6.07, 6.45) is 12.7. The highest BCUT2D eigenvalue weighted by molar-refractivity contribution is 6.31. The molecular weight excluding hydrogens is 635 g/mol. The van der Waals surface area contributed by atoms with Gasteiger partial charge in [-0.15, -0.1) is 0 Å². The number of carbonyl (C=O) groups is 1. The molecular formula is C35H50ClFN8O3. The Hall–Kier alpha value is -3.48. The maximum Gasteiger partial charge on any atom is 0.407 e. The summed E-state index contributed by atoms with van der Waals surface area (Å²) in [6.45, 7) is 9.16. The molecule has 0 radical (unpaired) electrons. The number of nitrogen functional groups attached to an aromatic ring is 1. The second-order valence-corrected chi connectivity index (χ2v) is 13.2. The molecule has 1 aliphatic carbocycles. The Bertz CT molecular complexity index is 1570. The zero-order chi connectivity index (χ0) is 34.3. The number of fused-ring (bicyclic) bond motifs is 2. The van der Waals surface area contributed by atoms with E-state index in [1.165, 1.54) is 38.3 Å². The minimum Gasteiger partial charge on any atom is -0.450 e. The summed E-state index contributed by atoms with van der Waals surface area (Å²) in [6, 6.07) is 3.13. The molecule has 48 heavy (non-hydrogen) atoms. The van der Waals surface area contributed by atoms with E-state index < -0.39 is 18.1 Å². The average molecular weight is 685 g/mol. The fourth-order valence-electron chi connectivity index (χ4n) is 7.05. The molecule has 262 valence electrons. The third-order valence-electron chi connectivity index (χ3n) is 9.47. The van der Waals surface area contributed by atoms with Crippen LogP contribution < -0.4 is 11.1 Å². The van der Waals surface area contributed by atoms with Crippen LogP contribution in [-0.2, 0) is 4.74 Å². The molecule has 2 aromatic heterocycles. The number of hydrogen-bond acceptors (Lipinski definition) is 8. The molecule has 1 saturated carbocycles. The third-order valence-corrected chi connectivity index (χ3v) is 9.68. The maximum atomic E-state index is 16.1. The predicted octanol–water partition coefficient (Wildman–Crippen LogP) is 6.49. The monoisotopic (exact) mass is 684 g/mol. The summed E-state index contributed by atoms with van der Waals surface area (Å²) in [7, 11) is 0. The van der Waals surface area contributed by atoms with Crippen LogP contribution in [0, 0.1) is 5.82 Å². The van der Waals surface area contributed by atoms with Crippen molar-refractivity contribution in [1.82, 2.24) is 30.3 Å². The van der Waals surface area contributed by atoms with Crippen molar-refractivity contribution >= 4 is 40.1 Å². The predicted molar refractivity (Wildman–Crippen MR) is 189 cm³/mol. The van der Waals surface area contributed by atoms with E-state index in [4.69, 9.17) is 27.1 Å². The molecule has 0 bridgehead atoms. The zero-order valence-corrected chi connectivity index (χ0v) is 29.2. The molecule has 3 aliphatic heterocycles. The smallest absolute Gasteiger partial charge is 0.407 e. The van der Waals surface area contributed by atoms with Crippen LogP contribution in [0.5, 0.6) is 0 Å². The lowest BCUT2D eigenvalue weighted by atomic mass is 9.88. The largest absolute Gasteiger partial charge is 0.450 e. The van der Waals surface area contributed by atoms with E-state index >= 15 is 4.39 Å². The van der Waals surface area contributed by atoms with Crippen LogP contribution in [0.3, 0.4) is 0 Å². The van der Waals surface area contributed by atoms with Gasteiger partial charge >= 0.3 is 6.09 Å². The lowest BCUT2D eigenvalue weighted by Gasteiger charge is -2.32. The van der Waals surface area contributed by atoms with Crippen LogP contribution >= 0.6 is 11.6 Å². The second-order valence-electron chi connectivity index (χ2n) is 12.8. The van der Waals surface area contributed by atoms with Crippen LogP contribution in [0.2, 0.25) is 5.02 Å². The van der Waals surface area contributed by atoms with Gasteiger partial charge in [-0.25, -0.2) is 14.2 Å². The lowest BCUT2D eigenvalue weighted by Crippen LogP contribution is -2.40. The van der Waals surface area contributed by atoms with Gasteiger partial charge < -0.3 is 25.8 Å². The number of carbonyl (C=O) groups excluding carboxylic acids is 1. The first-order valence-corrected chi connectivity index (χ1v) is 17.9. The van der Waals surface area contributed by atoms with E-state index in [0.29, 0.717) is 53.3 Å². The number of H-pyrrole nitrogens is 1. The van der Waals surface area contributed by atoms with Gasteiger partial charge in [-0.2, -0.15) is 5.10 Å². The summed E-state index contributed by atoms with van der Waals surface area (Å²) >= 11 is 6.30. The number of nitrogens with one attached hydrogen (secondary N) is 2. The van der Waals surface area contributed by atoms with Gasteiger partial charge in [0, 0.05) is 40.8 Å². The van der Waals surface area contributed by atoms with E-state index in [9.17, 15) is 9.90 Å². The first-order valence-electron chi connectivity index (χ1n) is 17.5. The highest BCUT2D eigenvalue weighted by atomic mass is 35.5. The number of aliphatic hydroxyl groups excluding tert-OH is 1. The first-order chi connectivity index (χ1) is 23.3. The van der Waals surface area contributed by atoms with Gasteiger partial charge in [-0.05, 0) is 77.1 Å². The number of ether oxygens (including phenoxy) is 1. The molecule has 13 heteroatoms.